The van der Waals surface area contributed by atoms with Crippen LogP contribution in [0.2, 0.25) is 0 Å². The summed E-state index contributed by atoms with van der Waals surface area (Å²) >= 11 is 0. The molecule has 0 bridgehead atoms. The van der Waals surface area contributed by atoms with Crippen molar-refractivity contribution < 1.29 is 18.8 Å². The van der Waals surface area contributed by atoms with Crippen molar-refractivity contribution in [3.8, 4) is 11.5 Å². The molecule has 2 amide bonds. The van der Waals surface area contributed by atoms with Gasteiger partial charge in [0.15, 0.2) is 11.5 Å². The molecular weight excluding hydrogens is 414 g/mol. The normalized spacial score (nSPS) is 14.9. The Morgan fingerprint density at radius 2 is 1.97 bits per heavy atom. The number of amides is 2. The summed E-state index contributed by atoms with van der Waals surface area (Å²) in [5, 5.41) is 10.9. The summed E-state index contributed by atoms with van der Waals surface area (Å²) in [6, 6.07) is 1.64. The third-order valence-corrected chi connectivity index (χ3v) is 4.91. The summed E-state index contributed by atoms with van der Waals surface area (Å²) in [6.45, 7) is 6.74. The van der Waals surface area contributed by atoms with E-state index in [1.807, 2.05) is 25.5 Å². The lowest BCUT2D eigenvalue weighted by atomic mass is 10.1. The molecule has 11 heteroatoms. The number of hydrogen-bond acceptors (Lipinski definition) is 8. The van der Waals surface area contributed by atoms with Crippen LogP contribution in [0.25, 0.3) is 11.5 Å². The molecule has 0 saturated carbocycles. The summed E-state index contributed by atoms with van der Waals surface area (Å²) in [4.78, 5) is 34.5. The minimum absolute atomic E-state index is 0.129. The van der Waals surface area contributed by atoms with Crippen LogP contribution < -0.4 is 5.32 Å². The molecule has 168 valence electrons. The van der Waals surface area contributed by atoms with Crippen LogP contribution in [0.1, 0.15) is 50.1 Å². The van der Waals surface area contributed by atoms with E-state index < -0.39 is 11.5 Å². The predicted octanol–water partition coefficient (Wildman–Crippen LogP) is 3.15. The summed E-state index contributed by atoms with van der Waals surface area (Å²) in [5.74, 6) is -0.0566. The van der Waals surface area contributed by atoms with Gasteiger partial charge in [-0.05, 0) is 33.6 Å². The summed E-state index contributed by atoms with van der Waals surface area (Å²) < 4.78 is 12.4. The topological polar surface area (TPSA) is 128 Å². The van der Waals surface area contributed by atoms with E-state index in [2.05, 4.69) is 25.5 Å². The molecule has 3 aromatic heterocycles. The minimum atomic E-state index is -0.512. The van der Waals surface area contributed by atoms with Gasteiger partial charge in [0.1, 0.15) is 11.3 Å². The molecule has 0 atom stereocenters. The molecule has 4 heterocycles. The number of carbonyl (C=O) groups is 2. The van der Waals surface area contributed by atoms with Gasteiger partial charge in [0, 0.05) is 37.7 Å². The second-order valence-corrected chi connectivity index (χ2v) is 8.53. The van der Waals surface area contributed by atoms with Crippen LogP contribution in [0, 0.1) is 0 Å². The number of anilines is 1. The standard InChI is InChI=1S/C21H25N7O4/c1-21(2,3)31-20(30)27-8-4-15(5-9-27)28-13-14(11-24-28)25-19(29)16-10-18(32-26-16)17-12-22-6-7-23-17/h6-7,10-13,15H,4-5,8-9H2,1-3H3,(H,25,29). The van der Waals surface area contributed by atoms with E-state index in [0.29, 0.717) is 30.2 Å². The van der Waals surface area contributed by atoms with Crippen molar-refractivity contribution in [1.29, 1.82) is 0 Å². The Morgan fingerprint density at radius 1 is 1.19 bits per heavy atom. The number of ether oxygens (including phenoxy) is 1. The van der Waals surface area contributed by atoms with Gasteiger partial charge in [-0.25, -0.2) is 9.78 Å². The van der Waals surface area contributed by atoms with Crippen molar-refractivity contribution in [3.63, 3.8) is 0 Å². The fraction of sp³-hybridized carbons (Fsp3) is 0.429. The summed E-state index contributed by atoms with van der Waals surface area (Å²) in [7, 11) is 0. The van der Waals surface area contributed by atoms with Crippen LogP contribution in [0.5, 0.6) is 0 Å². The molecule has 3 aromatic rings. The van der Waals surface area contributed by atoms with Crippen molar-refractivity contribution in [3.05, 3.63) is 42.7 Å². The maximum atomic E-state index is 12.5. The Bertz CT molecular complexity index is 1080. The number of likely N-dealkylation sites (tertiary alicyclic amines) is 1. The number of hydrogen-bond donors (Lipinski definition) is 1. The van der Waals surface area contributed by atoms with Crippen LogP contribution in [0.15, 0.2) is 41.6 Å². The van der Waals surface area contributed by atoms with Crippen molar-refractivity contribution in [2.45, 2.75) is 45.3 Å². The molecule has 1 fully saturated rings. The average molecular weight is 439 g/mol. The Labute approximate surface area is 184 Å². The van der Waals surface area contributed by atoms with E-state index in [0.717, 1.165) is 12.8 Å². The van der Waals surface area contributed by atoms with E-state index in [1.165, 1.54) is 18.5 Å². The second-order valence-electron chi connectivity index (χ2n) is 8.53. The lowest BCUT2D eigenvalue weighted by Gasteiger charge is -2.33. The van der Waals surface area contributed by atoms with E-state index >= 15 is 0 Å². The third-order valence-electron chi connectivity index (χ3n) is 4.91. The number of nitrogens with zero attached hydrogens (tertiary/aromatic N) is 6. The fourth-order valence-corrected chi connectivity index (χ4v) is 3.37. The van der Waals surface area contributed by atoms with Crippen LogP contribution >= 0.6 is 0 Å². The van der Waals surface area contributed by atoms with E-state index in [-0.39, 0.29) is 17.8 Å². The van der Waals surface area contributed by atoms with Gasteiger partial charge in [0.25, 0.3) is 5.91 Å². The second kappa shape index (κ2) is 8.77. The lowest BCUT2D eigenvalue weighted by molar-refractivity contribution is 0.0184. The first-order valence-corrected chi connectivity index (χ1v) is 10.3. The largest absolute Gasteiger partial charge is 0.444 e. The first-order chi connectivity index (χ1) is 15.3. The van der Waals surface area contributed by atoms with Crippen molar-refractivity contribution in [2.75, 3.05) is 18.4 Å². The highest BCUT2D eigenvalue weighted by molar-refractivity contribution is 6.03. The van der Waals surface area contributed by atoms with Crippen molar-refractivity contribution in [1.82, 2.24) is 29.8 Å². The Hall–Kier alpha value is -3.76. The van der Waals surface area contributed by atoms with E-state index in [1.54, 1.807) is 23.5 Å². The molecule has 0 aliphatic carbocycles. The zero-order chi connectivity index (χ0) is 22.7. The maximum absolute atomic E-state index is 12.5. The van der Waals surface area contributed by atoms with Gasteiger partial charge < -0.3 is 19.5 Å². The highest BCUT2D eigenvalue weighted by Crippen LogP contribution is 2.25. The molecule has 1 aliphatic rings. The third kappa shape index (κ3) is 5.10. The van der Waals surface area contributed by atoms with Gasteiger partial charge in [-0.3, -0.25) is 14.5 Å². The molecule has 11 nitrogen and oxygen atoms in total. The summed E-state index contributed by atoms with van der Waals surface area (Å²) in [5.41, 5.74) is 0.657. The van der Waals surface area contributed by atoms with Gasteiger partial charge in [0.05, 0.1) is 24.1 Å². The maximum Gasteiger partial charge on any atom is 0.410 e. The van der Waals surface area contributed by atoms with Gasteiger partial charge in [-0.1, -0.05) is 5.16 Å². The van der Waals surface area contributed by atoms with Gasteiger partial charge in [0.2, 0.25) is 0 Å². The van der Waals surface area contributed by atoms with Gasteiger partial charge in [-0.2, -0.15) is 5.10 Å². The SMILES string of the molecule is CC(C)(C)OC(=O)N1CCC(n2cc(NC(=O)c3cc(-c4cnccn4)on3)cn2)CC1. The quantitative estimate of drug-likeness (QED) is 0.656. The predicted molar refractivity (Wildman–Crippen MR) is 114 cm³/mol. The van der Waals surface area contributed by atoms with Gasteiger partial charge >= 0.3 is 6.09 Å². The highest BCUT2D eigenvalue weighted by atomic mass is 16.6. The average Bonchev–Trinajstić information content (AvgIpc) is 3.43. The van der Waals surface area contributed by atoms with E-state index in [4.69, 9.17) is 9.26 Å². The molecule has 0 unspecified atom stereocenters. The first kappa shape index (κ1) is 21.5. The number of rotatable bonds is 4. The lowest BCUT2D eigenvalue weighted by Crippen LogP contribution is -2.42. The molecular formula is C21H25N7O4. The van der Waals surface area contributed by atoms with Crippen LogP contribution in [0.4, 0.5) is 10.5 Å². The zero-order valence-electron chi connectivity index (χ0n) is 18.2. The van der Waals surface area contributed by atoms with Crippen molar-refractivity contribution >= 4 is 17.7 Å². The smallest absolute Gasteiger partial charge is 0.410 e. The van der Waals surface area contributed by atoms with Crippen LogP contribution in [-0.4, -0.2) is 60.5 Å². The molecule has 1 saturated heterocycles. The van der Waals surface area contributed by atoms with Gasteiger partial charge in [-0.15, -0.1) is 0 Å². The number of piperidine rings is 1. The number of aromatic nitrogens is 5. The Morgan fingerprint density at radius 3 is 2.66 bits per heavy atom. The van der Waals surface area contributed by atoms with E-state index in [9.17, 15) is 9.59 Å². The number of carbonyl (C=O) groups excluding carboxylic acids is 2. The zero-order valence-corrected chi connectivity index (χ0v) is 18.2. The minimum Gasteiger partial charge on any atom is -0.444 e. The Balaban J connectivity index is 1.32. The molecule has 1 N–H and O–H groups in total. The van der Waals surface area contributed by atoms with Crippen LogP contribution in [0.3, 0.4) is 0 Å². The molecule has 0 spiro atoms. The molecule has 0 aromatic carbocycles. The highest BCUT2D eigenvalue weighted by Gasteiger charge is 2.28. The Kier molecular flexibility index (Phi) is 5.89. The fourth-order valence-electron chi connectivity index (χ4n) is 3.37. The molecule has 1 aliphatic heterocycles. The van der Waals surface area contributed by atoms with Crippen molar-refractivity contribution in [2.24, 2.45) is 0 Å². The molecule has 32 heavy (non-hydrogen) atoms. The molecule has 4 rings (SSSR count). The molecule has 0 radical (unpaired) electrons. The first-order valence-electron chi connectivity index (χ1n) is 10.3. The monoisotopic (exact) mass is 439 g/mol. The number of nitrogens with one attached hydrogen (secondary N) is 1. The summed E-state index contributed by atoms with van der Waals surface area (Å²) in [6.07, 6.45) is 9.17. The van der Waals surface area contributed by atoms with Crippen LogP contribution in [-0.2, 0) is 4.74 Å².